The number of benzene rings is 1. The molecule has 3 amide bonds. The molecule has 11 heteroatoms. The number of hydrogen-bond donors (Lipinski definition) is 4. The molecule has 10 nitrogen and oxygen atoms in total. The predicted octanol–water partition coefficient (Wildman–Crippen LogP) is 4.51. The van der Waals surface area contributed by atoms with Crippen molar-refractivity contribution in [3.63, 3.8) is 0 Å². The number of aromatic nitrogens is 3. The van der Waals surface area contributed by atoms with Crippen molar-refractivity contribution in [3.05, 3.63) is 59.6 Å². The fraction of sp³-hybridized carbons (Fsp3) is 0.367. The third kappa shape index (κ3) is 6.54. The van der Waals surface area contributed by atoms with E-state index in [2.05, 4.69) is 41.6 Å². The van der Waals surface area contributed by atoms with Crippen molar-refractivity contribution in [2.45, 2.75) is 51.0 Å². The third-order valence-electron chi connectivity index (χ3n) is 7.57. The minimum atomic E-state index is -0.659. The number of rotatable bonds is 3. The molecule has 2 aliphatic rings. The number of imidazole rings is 1. The van der Waals surface area contributed by atoms with Crippen LogP contribution in [0.15, 0.2) is 36.5 Å². The van der Waals surface area contributed by atoms with Crippen LogP contribution < -0.4 is 16.0 Å². The summed E-state index contributed by atoms with van der Waals surface area (Å²) in [5, 5.41) is 8.58. The van der Waals surface area contributed by atoms with Crippen molar-refractivity contribution in [1.82, 2.24) is 20.3 Å². The minimum absolute atomic E-state index is 0.0177. The number of H-pyrrole nitrogens is 1. The van der Waals surface area contributed by atoms with E-state index in [0.29, 0.717) is 47.0 Å². The second-order valence-corrected chi connectivity index (χ2v) is 10.3. The molecule has 212 valence electrons. The summed E-state index contributed by atoms with van der Waals surface area (Å²) in [6.07, 6.45) is 9.91. The quantitative estimate of drug-likeness (QED) is 0.349. The van der Waals surface area contributed by atoms with E-state index in [1.54, 1.807) is 30.5 Å². The highest BCUT2D eigenvalue weighted by molar-refractivity contribution is 5.97. The topological polar surface area (TPSA) is 138 Å². The van der Waals surface area contributed by atoms with Crippen LogP contribution in [0.25, 0.3) is 11.3 Å². The van der Waals surface area contributed by atoms with Gasteiger partial charge in [-0.05, 0) is 56.0 Å². The number of hydrogen-bond acceptors (Lipinski definition) is 6. The number of nitrogens with zero attached hydrogens (tertiary/aromatic N) is 2. The summed E-state index contributed by atoms with van der Waals surface area (Å²) >= 11 is 0. The Bertz CT molecular complexity index is 1500. The maximum absolute atomic E-state index is 14.6. The van der Waals surface area contributed by atoms with E-state index in [-0.39, 0.29) is 48.6 Å². The van der Waals surface area contributed by atoms with Crippen molar-refractivity contribution in [2.24, 2.45) is 11.8 Å². The number of ether oxygens (including phenoxy) is 1. The van der Waals surface area contributed by atoms with Gasteiger partial charge in [-0.1, -0.05) is 0 Å². The molecule has 5 rings (SSSR count). The Morgan fingerprint density at radius 3 is 2.71 bits per heavy atom. The van der Waals surface area contributed by atoms with Crippen LogP contribution in [0.3, 0.4) is 0 Å². The van der Waals surface area contributed by atoms with Gasteiger partial charge in [0, 0.05) is 48.0 Å². The molecule has 1 atom stereocenters. The van der Waals surface area contributed by atoms with Crippen LogP contribution in [0.2, 0.25) is 0 Å². The standard InChI is InChI=1S/C30H31FN6O4/c1-3-17-4-6-18(7-5-17)29(39)37-25-15-19-9-11-22(31)23(33-19)12-13-27(38)35-24-14-20(34-30(40)41-2)8-10-21(24)26-16-32-28(25)36-26/h1,8-11,14,16-18,25H,4-7,12-13,15H2,2H3,(H,32,36)(H,34,40)(H,35,38)(H,37,39). The molecule has 3 aromatic rings. The molecule has 41 heavy (non-hydrogen) atoms. The van der Waals surface area contributed by atoms with E-state index in [4.69, 9.17) is 6.42 Å². The zero-order valence-electron chi connectivity index (χ0n) is 22.6. The summed E-state index contributed by atoms with van der Waals surface area (Å²) in [6.45, 7) is 0. The van der Waals surface area contributed by atoms with E-state index in [1.807, 2.05) is 0 Å². The third-order valence-corrected chi connectivity index (χ3v) is 7.57. The zero-order chi connectivity index (χ0) is 28.9. The molecular weight excluding hydrogens is 527 g/mol. The summed E-state index contributed by atoms with van der Waals surface area (Å²) < 4.78 is 19.3. The van der Waals surface area contributed by atoms with Gasteiger partial charge in [0.25, 0.3) is 0 Å². The van der Waals surface area contributed by atoms with Crippen LogP contribution in [0, 0.1) is 30.0 Å². The van der Waals surface area contributed by atoms with Crippen molar-refractivity contribution < 1.29 is 23.5 Å². The number of carbonyl (C=O) groups excluding carboxylic acids is 3. The molecular formula is C30H31FN6O4. The van der Waals surface area contributed by atoms with Gasteiger partial charge >= 0.3 is 6.09 Å². The number of fused-ring (bicyclic) bond motifs is 6. The summed E-state index contributed by atoms with van der Waals surface area (Å²) in [6, 6.07) is 7.34. The number of amides is 3. The number of methoxy groups -OCH3 is 1. The Morgan fingerprint density at radius 2 is 1.95 bits per heavy atom. The van der Waals surface area contributed by atoms with Crippen molar-refractivity contribution in [2.75, 3.05) is 17.7 Å². The normalized spacial score (nSPS) is 20.4. The largest absolute Gasteiger partial charge is 0.453 e. The molecule has 1 saturated carbocycles. The molecule has 1 aliphatic heterocycles. The molecule has 2 aromatic heterocycles. The molecule has 0 saturated heterocycles. The van der Waals surface area contributed by atoms with Gasteiger partial charge in [-0.15, -0.1) is 12.3 Å². The number of halogens is 1. The van der Waals surface area contributed by atoms with Gasteiger partial charge in [0.05, 0.1) is 36.4 Å². The number of terminal acetylenes is 1. The van der Waals surface area contributed by atoms with Crippen molar-refractivity contribution in [1.29, 1.82) is 0 Å². The van der Waals surface area contributed by atoms with Gasteiger partial charge in [0.1, 0.15) is 11.6 Å². The maximum atomic E-state index is 14.6. The highest BCUT2D eigenvalue weighted by Gasteiger charge is 2.29. The van der Waals surface area contributed by atoms with Crippen LogP contribution in [-0.2, 0) is 27.2 Å². The first-order chi connectivity index (χ1) is 19.8. The van der Waals surface area contributed by atoms with Gasteiger partial charge in [0.15, 0.2) is 0 Å². The minimum Gasteiger partial charge on any atom is -0.453 e. The Balaban J connectivity index is 1.50. The zero-order valence-corrected chi connectivity index (χ0v) is 22.6. The lowest BCUT2D eigenvalue weighted by Crippen LogP contribution is -2.37. The number of carbonyl (C=O) groups is 3. The summed E-state index contributed by atoms with van der Waals surface area (Å²) in [4.78, 5) is 50.3. The molecule has 0 radical (unpaired) electrons. The SMILES string of the molecule is C#CC1CCC(C(=O)NC2Cc3ccc(F)c(n3)CCC(=O)Nc3cc(NC(=O)OC)ccc3-c3cnc2[nH]3)CC1. The first-order valence-electron chi connectivity index (χ1n) is 13.6. The molecule has 1 aliphatic carbocycles. The van der Waals surface area contributed by atoms with Crippen molar-refractivity contribution in [3.8, 4) is 23.6 Å². The molecule has 1 fully saturated rings. The molecule has 4 N–H and O–H groups in total. The smallest absolute Gasteiger partial charge is 0.411 e. The lowest BCUT2D eigenvalue weighted by molar-refractivity contribution is -0.127. The van der Waals surface area contributed by atoms with Crippen LogP contribution in [-0.4, -0.2) is 40.0 Å². The van der Waals surface area contributed by atoms with E-state index < -0.39 is 18.0 Å². The fourth-order valence-electron chi connectivity index (χ4n) is 5.28. The molecule has 1 aromatic carbocycles. The van der Waals surface area contributed by atoms with E-state index in [9.17, 15) is 18.8 Å². The lowest BCUT2D eigenvalue weighted by atomic mass is 9.82. The molecule has 0 spiro atoms. The first kappa shape index (κ1) is 27.8. The van der Waals surface area contributed by atoms with Crippen LogP contribution >= 0.6 is 0 Å². The Hall–Kier alpha value is -4.72. The Kier molecular flexibility index (Phi) is 8.29. The monoisotopic (exact) mass is 558 g/mol. The molecule has 3 heterocycles. The van der Waals surface area contributed by atoms with Crippen LogP contribution in [0.1, 0.15) is 55.4 Å². The molecule has 1 unspecified atom stereocenters. The highest BCUT2D eigenvalue weighted by atomic mass is 19.1. The fourth-order valence-corrected chi connectivity index (χ4v) is 5.28. The van der Waals surface area contributed by atoms with Gasteiger partial charge in [-0.3, -0.25) is 19.9 Å². The number of aromatic amines is 1. The second-order valence-electron chi connectivity index (χ2n) is 10.3. The number of anilines is 2. The second kappa shape index (κ2) is 12.2. The summed E-state index contributed by atoms with van der Waals surface area (Å²) in [5.41, 5.74) is 2.75. The summed E-state index contributed by atoms with van der Waals surface area (Å²) in [5.74, 6) is 2.38. The van der Waals surface area contributed by atoms with Gasteiger partial charge < -0.3 is 20.4 Å². The van der Waals surface area contributed by atoms with Gasteiger partial charge in [-0.2, -0.15) is 0 Å². The van der Waals surface area contributed by atoms with E-state index >= 15 is 0 Å². The number of nitrogens with one attached hydrogen (secondary N) is 4. The van der Waals surface area contributed by atoms with Crippen LogP contribution in [0.5, 0.6) is 0 Å². The Labute approximate surface area is 236 Å². The maximum Gasteiger partial charge on any atom is 0.411 e. The highest BCUT2D eigenvalue weighted by Crippen LogP contribution is 2.33. The average molecular weight is 559 g/mol. The predicted molar refractivity (Wildman–Crippen MR) is 150 cm³/mol. The van der Waals surface area contributed by atoms with E-state index in [1.165, 1.54) is 13.2 Å². The van der Waals surface area contributed by atoms with Crippen LogP contribution in [0.4, 0.5) is 20.6 Å². The first-order valence-corrected chi connectivity index (χ1v) is 13.6. The number of pyridine rings is 1. The van der Waals surface area contributed by atoms with Gasteiger partial charge in [-0.25, -0.2) is 14.2 Å². The number of aryl methyl sites for hydroxylation is 1. The average Bonchev–Trinajstić information content (AvgIpc) is 3.46. The summed E-state index contributed by atoms with van der Waals surface area (Å²) in [7, 11) is 1.25. The lowest BCUT2D eigenvalue weighted by Gasteiger charge is -2.26. The van der Waals surface area contributed by atoms with Crippen molar-refractivity contribution >= 4 is 29.3 Å². The Morgan fingerprint density at radius 1 is 1.15 bits per heavy atom. The molecule has 4 bridgehead atoms. The van der Waals surface area contributed by atoms with Gasteiger partial charge in [0.2, 0.25) is 11.8 Å². The van der Waals surface area contributed by atoms with E-state index in [0.717, 1.165) is 12.8 Å².